The molecule has 1 aromatic heterocycles. The van der Waals surface area contributed by atoms with Gasteiger partial charge in [0.25, 0.3) is 0 Å². The number of aromatic nitrogens is 1. The molecule has 1 radical (unpaired) electrons. The Bertz CT molecular complexity index is 1390. The van der Waals surface area contributed by atoms with Crippen molar-refractivity contribution in [2.75, 3.05) is 0 Å². The molecule has 0 aliphatic carbocycles. The molecule has 0 saturated heterocycles. The van der Waals surface area contributed by atoms with E-state index in [9.17, 15) is 9.90 Å². The van der Waals surface area contributed by atoms with Crippen molar-refractivity contribution in [2.24, 2.45) is 22.7 Å². The molecule has 245 valence electrons. The molecule has 3 aromatic rings. The molecule has 3 nitrogen and oxygen atoms in total. The number of nitrogens with zero attached hydrogens (tertiary/aromatic N) is 1. The van der Waals surface area contributed by atoms with E-state index in [2.05, 4.69) is 111 Å². The van der Waals surface area contributed by atoms with Gasteiger partial charge >= 0.3 is 0 Å². The van der Waals surface area contributed by atoms with Crippen LogP contribution in [0.5, 0.6) is 0 Å². The summed E-state index contributed by atoms with van der Waals surface area (Å²) in [4.78, 5) is 17.2. The van der Waals surface area contributed by atoms with Crippen LogP contribution < -0.4 is 0 Å². The molecular weight excluding hydrogens is 719 g/mol. The summed E-state index contributed by atoms with van der Waals surface area (Å²) >= 11 is 0. The maximum absolute atomic E-state index is 12.3. The SMILES string of the molecule is CC(C)CC(C)(C)C(=O)/C=C(\O)C(C)(C)CC(C)C.CCC(C)(CC)c1cc(-c2[c-]c(C)cc(C)c2)nc2ccccc12.[Ir]. The zero-order chi connectivity index (χ0) is 32.8. The van der Waals surface area contributed by atoms with Crippen LogP contribution >= 0.6 is 0 Å². The second-order valence-electron chi connectivity index (χ2n) is 15.0. The van der Waals surface area contributed by atoms with E-state index in [0.717, 1.165) is 48.0 Å². The molecule has 0 fully saturated rings. The fraction of sp³-hybridized carbons (Fsp3) is 0.550. The molecule has 3 rings (SSSR count). The molecule has 0 aliphatic rings. The monoisotopic (exact) mass is 777 g/mol. The second kappa shape index (κ2) is 16.3. The van der Waals surface area contributed by atoms with Crippen LogP contribution in [0.3, 0.4) is 0 Å². The first kappa shape index (κ1) is 39.7. The summed E-state index contributed by atoms with van der Waals surface area (Å²) in [5, 5.41) is 11.5. The van der Waals surface area contributed by atoms with Gasteiger partial charge in [-0.25, -0.2) is 0 Å². The number of aryl methyl sites for hydroxylation is 2. The van der Waals surface area contributed by atoms with Gasteiger partial charge in [0.1, 0.15) is 5.76 Å². The molecule has 0 saturated carbocycles. The van der Waals surface area contributed by atoms with Crippen LogP contribution in [0.15, 0.2) is 54.3 Å². The number of pyridine rings is 1. The van der Waals surface area contributed by atoms with E-state index in [1.165, 1.54) is 22.6 Å². The van der Waals surface area contributed by atoms with Gasteiger partial charge in [0, 0.05) is 42.4 Å². The van der Waals surface area contributed by atoms with Gasteiger partial charge in [-0.05, 0) is 60.3 Å². The number of hydrogen-bond acceptors (Lipinski definition) is 3. The largest absolute Gasteiger partial charge is 0.512 e. The van der Waals surface area contributed by atoms with Crippen LogP contribution in [-0.4, -0.2) is 15.9 Å². The second-order valence-corrected chi connectivity index (χ2v) is 15.0. The Morgan fingerprint density at radius 2 is 1.43 bits per heavy atom. The van der Waals surface area contributed by atoms with Gasteiger partial charge in [-0.2, -0.15) is 0 Å². The van der Waals surface area contributed by atoms with Crippen LogP contribution in [0.1, 0.15) is 119 Å². The van der Waals surface area contributed by atoms with E-state index in [-0.39, 0.29) is 42.5 Å². The molecule has 4 heteroatoms. The van der Waals surface area contributed by atoms with Crippen LogP contribution in [0.25, 0.3) is 22.2 Å². The van der Waals surface area contributed by atoms with Gasteiger partial charge in [0.05, 0.1) is 5.52 Å². The molecule has 0 amide bonds. The van der Waals surface area contributed by atoms with Crippen molar-refractivity contribution >= 4 is 16.7 Å². The Morgan fingerprint density at radius 3 is 1.95 bits per heavy atom. The maximum atomic E-state index is 12.3. The first-order valence-corrected chi connectivity index (χ1v) is 16.2. The summed E-state index contributed by atoms with van der Waals surface area (Å²) in [7, 11) is 0. The number of hydrogen-bond donors (Lipinski definition) is 1. The molecule has 0 aliphatic heterocycles. The number of aliphatic hydroxyl groups excluding tert-OH is 1. The number of para-hydroxylation sites is 1. The van der Waals surface area contributed by atoms with Gasteiger partial charge in [-0.3, -0.25) is 9.78 Å². The number of aliphatic hydroxyl groups is 1. The standard InChI is InChI=1S/C23H26N.C17H32O2.Ir/c1-6-23(5,7-2)20-15-22(18-13-16(3)12-17(4)14-18)24-21-11-9-8-10-19(20)21;1-12(2)10-16(5,6)14(18)9-15(19)17(7,8)11-13(3)4;/h8-13,15H,6-7H2,1-5H3;9,12-13,18H,10-11H2,1-8H3;/q-1;;/b;14-9-;. The molecule has 0 spiro atoms. The Balaban J connectivity index is 0.000000444. The van der Waals surface area contributed by atoms with E-state index in [4.69, 9.17) is 4.98 Å². The summed E-state index contributed by atoms with van der Waals surface area (Å²) in [6.45, 7) is 27.5. The van der Waals surface area contributed by atoms with Crippen molar-refractivity contribution in [3.63, 3.8) is 0 Å². The summed E-state index contributed by atoms with van der Waals surface area (Å²) in [6, 6.07) is 18.6. The minimum absolute atomic E-state index is 0. The van der Waals surface area contributed by atoms with Crippen LogP contribution in [-0.2, 0) is 30.3 Å². The van der Waals surface area contributed by atoms with Gasteiger partial charge in [-0.15, -0.1) is 34.9 Å². The minimum atomic E-state index is -0.407. The van der Waals surface area contributed by atoms with E-state index < -0.39 is 5.41 Å². The van der Waals surface area contributed by atoms with Crippen molar-refractivity contribution in [2.45, 2.75) is 121 Å². The number of fused-ring (bicyclic) bond motifs is 1. The van der Waals surface area contributed by atoms with Gasteiger partial charge < -0.3 is 5.11 Å². The predicted molar refractivity (Wildman–Crippen MR) is 186 cm³/mol. The smallest absolute Gasteiger partial charge is 0.164 e. The third kappa shape index (κ3) is 10.7. The zero-order valence-electron chi connectivity index (χ0n) is 29.7. The third-order valence-corrected chi connectivity index (χ3v) is 8.82. The molecule has 1 N–H and O–H groups in total. The number of benzene rings is 2. The minimum Gasteiger partial charge on any atom is -0.512 e. The first-order chi connectivity index (χ1) is 19.8. The average Bonchev–Trinajstić information content (AvgIpc) is 2.90. The van der Waals surface area contributed by atoms with E-state index in [1.807, 2.05) is 27.7 Å². The molecule has 0 atom stereocenters. The van der Waals surface area contributed by atoms with Crippen LogP contribution in [0.4, 0.5) is 0 Å². The fourth-order valence-electron chi connectivity index (χ4n) is 6.24. The molecular formula is C40H58IrNO2-. The molecule has 44 heavy (non-hydrogen) atoms. The van der Waals surface area contributed by atoms with Crippen molar-refractivity contribution < 1.29 is 30.0 Å². The molecule has 1 heterocycles. The van der Waals surface area contributed by atoms with Gasteiger partial charge in [0.15, 0.2) is 5.78 Å². The number of carbonyl (C=O) groups excluding carboxylic acids is 1. The average molecular weight is 777 g/mol. The topological polar surface area (TPSA) is 50.2 Å². The van der Waals surface area contributed by atoms with Gasteiger partial charge in [-0.1, -0.05) is 114 Å². The number of rotatable bonds is 11. The van der Waals surface area contributed by atoms with Crippen molar-refractivity contribution in [1.82, 2.24) is 4.98 Å². The number of allylic oxidation sites excluding steroid dienone is 2. The van der Waals surface area contributed by atoms with Crippen LogP contribution in [0, 0.1) is 42.6 Å². The van der Waals surface area contributed by atoms with E-state index in [1.54, 1.807) is 0 Å². The maximum Gasteiger partial charge on any atom is 0.164 e. The van der Waals surface area contributed by atoms with Crippen molar-refractivity contribution in [1.29, 1.82) is 0 Å². The van der Waals surface area contributed by atoms with Crippen molar-refractivity contribution in [3.8, 4) is 11.3 Å². The number of carbonyl (C=O) groups is 1. The van der Waals surface area contributed by atoms with E-state index in [0.29, 0.717) is 11.8 Å². The Kier molecular flexibility index (Phi) is 14.7. The summed E-state index contributed by atoms with van der Waals surface area (Å²) in [5.41, 5.74) is 6.44. The molecule has 0 bridgehead atoms. The fourth-order valence-corrected chi connectivity index (χ4v) is 6.24. The third-order valence-electron chi connectivity index (χ3n) is 8.82. The Morgan fingerprint density at radius 1 is 0.886 bits per heavy atom. The summed E-state index contributed by atoms with van der Waals surface area (Å²) in [5.74, 6) is 1.20. The summed E-state index contributed by atoms with van der Waals surface area (Å²) in [6.07, 6.45) is 5.39. The van der Waals surface area contributed by atoms with Crippen molar-refractivity contribution in [3.05, 3.63) is 77.1 Å². The normalized spacial score (nSPS) is 12.7. The molecule has 0 unspecified atom stereocenters. The number of ketones is 1. The summed E-state index contributed by atoms with van der Waals surface area (Å²) < 4.78 is 0. The Labute approximate surface area is 282 Å². The first-order valence-electron chi connectivity index (χ1n) is 16.2. The zero-order valence-corrected chi connectivity index (χ0v) is 32.1. The molecule has 2 aromatic carbocycles. The Hall–Kier alpha value is -2.29. The van der Waals surface area contributed by atoms with Crippen LogP contribution in [0.2, 0.25) is 0 Å². The van der Waals surface area contributed by atoms with Gasteiger partial charge in [0.2, 0.25) is 0 Å². The predicted octanol–water partition coefficient (Wildman–Crippen LogP) is 11.5. The van der Waals surface area contributed by atoms with E-state index >= 15 is 0 Å². The quantitative estimate of drug-likeness (QED) is 0.120.